The Morgan fingerprint density at radius 2 is 1.93 bits per heavy atom. The van der Waals surface area contributed by atoms with Crippen LogP contribution in [0.15, 0.2) is 29.1 Å². The number of aromatic amines is 1. The molecule has 12 heteroatoms. The van der Waals surface area contributed by atoms with Crippen molar-refractivity contribution in [3.05, 3.63) is 50.3 Å². The molecule has 0 aliphatic carbocycles. The van der Waals surface area contributed by atoms with Crippen LogP contribution in [0.25, 0.3) is 10.9 Å². The average Bonchev–Trinajstić information content (AvgIpc) is 3.06. The number of carbonyl (C=O) groups excluding carboxylic acids is 1. The van der Waals surface area contributed by atoms with Gasteiger partial charge in [-0.05, 0) is 6.07 Å². The number of aliphatic carboxylic acids is 1. The molecule has 2 N–H and O–H groups in total. The standard InChI is InChI=1S/C16H12F3N3O6/c17-16(18,19)11-6-21(5-10(11)15(25)26)14(24)9-4-13(23)20-12-2-1-7(22(27)28)3-8(9)12/h1-4,10-11H,5-6H2,(H,20,23)(H,25,26)/t10-,11-/m1/s1. The van der Waals surface area contributed by atoms with Crippen molar-refractivity contribution < 1.29 is 32.8 Å². The smallest absolute Gasteiger partial charge is 0.394 e. The van der Waals surface area contributed by atoms with Crippen molar-refractivity contribution in [2.75, 3.05) is 13.1 Å². The molecule has 2 aromatic rings. The molecule has 28 heavy (non-hydrogen) atoms. The van der Waals surface area contributed by atoms with E-state index in [1.54, 1.807) is 0 Å². The van der Waals surface area contributed by atoms with Crippen molar-refractivity contribution in [3.63, 3.8) is 0 Å². The highest BCUT2D eigenvalue weighted by molar-refractivity contribution is 6.06. The molecule has 1 amide bonds. The van der Waals surface area contributed by atoms with Crippen LogP contribution in [0.3, 0.4) is 0 Å². The van der Waals surface area contributed by atoms with Gasteiger partial charge in [-0.1, -0.05) is 0 Å². The predicted octanol–water partition coefficient (Wildman–Crippen LogP) is 1.77. The van der Waals surface area contributed by atoms with Crippen molar-refractivity contribution in [1.82, 2.24) is 9.88 Å². The first-order valence-corrected chi connectivity index (χ1v) is 7.89. The summed E-state index contributed by atoms with van der Waals surface area (Å²) in [6.07, 6.45) is -4.83. The number of non-ortho nitro benzene ring substituents is 1. The van der Waals surface area contributed by atoms with Crippen LogP contribution in [0.4, 0.5) is 18.9 Å². The monoisotopic (exact) mass is 399 g/mol. The summed E-state index contributed by atoms with van der Waals surface area (Å²) in [5.41, 5.74) is -1.37. The number of hydrogen-bond donors (Lipinski definition) is 2. The summed E-state index contributed by atoms with van der Waals surface area (Å²) >= 11 is 0. The number of fused-ring (bicyclic) bond motifs is 1. The van der Waals surface area contributed by atoms with Gasteiger partial charge in [-0.15, -0.1) is 0 Å². The van der Waals surface area contributed by atoms with Gasteiger partial charge >= 0.3 is 12.1 Å². The Morgan fingerprint density at radius 3 is 2.46 bits per heavy atom. The topological polar surface area (TPSA) is 134 Å². The molecule has 2 heterocycles. The summed E-state index contributed by atoms with van der Waals surface area (Å²) in [5.74, 6) is -6.79. The summed E-state index contributed by atoms with van der Waals surface area (Å²) in [7, 11) is 0. The molecule has 0 saturated carbocycles. The lowest BCUT2D eigenvalue weighted by Crippen LogP contribution is -2.34. The molecule has 0 bridgehead atoms. The largest absolute Gasteiger partial charge is 0.481 e. The minimum atomic E-state index is -4.83. The Morgan fingerprint density at radius 1 is 1.25 bits per heavy atom. The zero-order chi connectivity index (χ0) is 20.8. The van der Waals surface area contributed by atoms with E-state index < -0.39 is 53.5 Å². The number of nitro groups is 1. The van der Waals surface area contributed by atoms with Crippen LogP contribution < -0.4 is 5.56 Å². The van der Waals surface area contributed by atoms with Gasteiger partial charge in [0.2, 0.25) is 5.56 Å². The van der Waals surface area contributed by atoms with Crippen LogP contribution in [0.5, 0.6) is 0 Å². The maximum absolute atomic E-state index is 13.1. The fraction of sp³-hybridized carbons (Fsp3) is 0.312. The highest BCUT2D eigenvalue weighted by atomic mass is 19.4. The number of aromatic nitrogens is 1. The molecule has 1 saturated heterocycles. The molecule has 2 atom stereocenters. The van der Waals surface area contributed by atoms with Gasteiger partial charge in [-0.25, -0.2) is 0 Å². The van der Waals surface area contributed by atoms with Gasteiger partial charge in [0.05, 0.1) is 22.3 Å². The average molecular weight is 399 g/mol. The van der Waals surface area contributed by atoms with E-state index in [1.165, 1.54) is 6.07 Å². The number of nitrogens with zero attached hydrogens (tertiary/aromatic N) is 2. The second kappa shape index (κ2) is 6.62. The number of H-pyrrole nitrogens is 1. The van der Waals surface area contributed by atoms with E-state index in [-0.39, 0.29) is 22.2 Å². The number of carboxylic acid groups (broad SMARTS) is 1. The molecule has 1 aromatic carbocycles. The SMILES string of the molecule is O=C(O)[C@@H]1CN(C(=O)c2cc(=O)[nH]c3ccc([N+](=O)[O-])cc23)C[C@H]1C(F)(F)F. The first kappa shape index (κ1) is 19.3. The Balaban J connectivity index is 2.06. The van der Waals surface area contributed by atoms with Gasteiger partial charge in [0.1, 0.15) is 0 Å². The summed E-state index contributed by atoms with van der Waals surface area (Å²) < 4.78 is 39.4. The van der Waals surface area contributed by atoms with Crippen molar-refractivity contribution >= 4 is 28.5 Å². The number of carboxylic acids is 1. The van der Waals surface area contributed by atoms with Gasteiger partial charge in [0, 0.05) is 42.2 Å². The molecule has 1 aromatic heterocycles. The van der Waals surface area contributed by atoms with Crippen LogP contribution in [-0.4, -0.2) is 51.1 Å². The zero-order valence-corrected chi connectivity index (χ0v) is 13.9. The van der Waals surface area contributed by atoms with Crippen LogP contribution in [-0.2, 0) is 4.79 Å². The van der Waals surface area contributed by atoms with E-state index in [0.717, 1.165) is 18.2 Å². The summed E-state index contributed by atoms with van der Waals surface area (Å²) in [4.78, 5) is 49.1. The van der Waals surface area contributed by atoms with E-state index in [9.17, 15) is 37.7 Å². The summed E-state index contributed by atoms with van der Waals surface area (Å²) in [6.45, 7) is -1.58. The van der Waals surface area contributed by atoms with E-state index in [4.69, 9.17) is 5.11 Å². The number of pyridine rings is 1. The number of halogens is 3. The molecular formula is C16H12F3N3O6. The molecular weight excluding hydrogens is 387 g/mol. The lowest BCUT2D eigenvalue weighted by atomic mass is 9.96. The molecule has 0 radical (unpaired) electrons. The van der Waals surface area contributed by atoms with E-state index in [2.05, 4.69) is 4.98 Å². The van der Waals surface area contributed by atoms with Gasteiger partial charge in [0.15, 0.2) is 0 Å². The van der Waals surface area contributed by atoms with E-state index in [1.807, 2.05) is 0 Å². The molecule has 9 nitrogen and oxygen atoms in total. The third kappa shape index (κ3) is 3.40. The number of nitro benzene ring substituents is 1. The van der Waals surface area contributed by atoms with Crippen LogP contribution in [0.1, 0.15) is 10.4 Å². The van der Waals surface area contributed by atoms with Crippen LogP contribution in [0.2, 0.25) is 0 Å². The Kier molecular flexibility index (Phi) is 4.57. The first-order valence-electron chi connectivity index (χ1n) is 7.89. The molecule has 1 aliphatic rings. The number of amides is 1. The predicted molar refractivity (Wildman–Crippen MR) is 87.8 cm³/mol. The number of carbonyl (C=O) groups is 2. The maximum Gasteiger partial charge on any atom is 0.394 e. The van der Waals surface area contributed by atoms with Gasteiger partial charge in [0.25, 0.3) is 11.6 Å². The Labute approximate surface area is 153 Å². The van der Waals surface area contributed by atoms with Gasteiger partial charge in [-0.2, -0.15) is 13.2 Å². The molecule has 1 aliphatic heterocycles. The second-order valence-corrected chi connectivity index (χ2v) is 6.34. The molecule has 0 unspecified atom stereocenters. The fourth-order valence-electron chi connectivity index (χ4n) is 3.25. The number of nitrogens with one attached hydrogen (secondary N) is 1. The number of rotatable bonds is 3. The number of hydrogen-bond acceptors (Lipinski definition) is 5. The molecule has 3 rings (SSSR count). The lowest BCUT2D eigenvalue weighted by molar-refractivity contribution is -0.384. The Bertz CT molecular complexity index is 1050. The van der Waals surface area contributed by atoms with E-state index >= 15 is 0 Å². The minimum Gasteiger partial charge on any atom is -0.481 e. The van der Waals surface area contributed by atoms with Crippen molar-refractivity contribution in [2.24, 2.45) is 11.8 Å². The molecule has 148 valence electrons. The van der Waals surface area contributed by atoms with Gasteiger partial charge < -0.3 is 15.0 Å². The number of alkyl halides is 3. The van der Waals surface area contributed by atoms with Crippen LogP contribution >= 0.6 is 0 Å². The van der Waals surface area contributed by atoms with Crippen LogP contribution in [0, 0.1) is 22.0 Å². The van der Waals surface area contributed by atoms with Crippen molar-refractivity contribution in [3.8, 4) is 0 Å². The summed E-state index contributed by atoms with van der Waals surface area (Å²) in [6, 6.07) is 4.15. The minimum absolute atomic E-state index is 0.0267. The second-order valence-electron chi connectivity index (χ2n) is 6.34. The quantitative estimate of drug-likeness (QED) is 0.597. The van der Waals surface area contributed by atoms with Crippen molar-refractivity contribution in [2.45, 2.75) is 6.18 Å². The van der Waals surface area contributed by atoms with E-state index in [0.29, 0.717) is 4.90 Å². The highest BCUT2D eigenvalue weighted by Crippen LogP contribution is 2.38. The Hall–Kier alpha value is -3.44. The van der Waals surface area contributed by atoms with Crippen molar-refractivity contribution in [1.29, 1.82) is 0 Å². The van der Waals surface area contributed by atoms with Gasteiger partial charge in [-0.3, -0.25) is 24.5 Å². The number of likely N-dealkylation sites (tertiary alicyclic amines) is 1. The maximum atomic E-state index is 13.1. The highest BCUT2D eigenvalue weighted by Gasteiger charge is 2.53. The third-order valence-electron chi connectivity index (χ3n) is 4.61. The zero-order valence-electron chi connectivity index (χ0n) is 13.9. The molecule has 1 fully saturated rings. The molecule has 0 spiro atoms. The lowest BCUT2D eigenvalue weighted by Gasteiger charge is -2.18. The first-order chi connectivity index (χ1) is 13.0. The number of benzene rings is 1. The fourth-order valence-corrected chi connectivity index (χ4v) is 3.25. The normalized spacial score (nSPS) is 19.8. The third-order valence-corrected chi connectivity index (χ3v) is 4.61. The summed E-state index contributed by atoms with van der Waals surface area (Å²) in [5, 5.41) is 20.0.